The van der Waals surface area contributed by atoms with Crippen LogP contribution in [0.15, 0.2) is 12.1 Å². The van der Waals surface area contributed by atoms with Gasteiger partial charge in [-0.2, -0.15) is 0 Å². The van der Waals surface area contributed by atoms with E-state index in [4.69, 9.17) is 14.2 Å². The van der Waals surface area contributed by atoms with E-state index >= 15 is 0 Å². The van der Waals surface area contributed by atoms with E-state index in [1.807, 2.05) is 0 Å². The molecule has 0 amide bonds. The van der Waals surface area contributed by atoms with Crippen LogP contribution in [0.3, 0.4) is 0 Å². The maximum Gasteiger partial charge on any atom is 0.149 e. The molecule has 0 aliphatic carbocycles. The Hall–Kier alpha value is -1.58. The van der Waals surface area contributed by atoms with E-state index in [1.54, 1.807) is 33.5 Å². The molecule has 0 fully saturated rings. The molecule has 1 N–H and O–H groups in total. The van der Waals surface area contributed by atoms with Crippen LogP contribution in [-0.2, 0) is 0 Å². The first-order chi connectivity index (χ1) is 6.76. The minimum atomic E-state index is 0.635. The average Bonchev–Trinajstić information content (AvgIpc) is 2.26. The predicted octanol–water partition coefficient (Wildman–Crippen LogP) is 1.92. The first kappa shape index (κ1) is 10.5. The summed E-state index contributed by atoms with van der Waals surface area (Å²) >= 11 is 0. The summed E-state index contributed by atoms with van der Waals surface area (Å²) in [5.41, 5.74) is 0.704. The molecule has 1 rings (SSSR count). The molecular weight excluding hydrogens is 182 g/mol. The SMILES string of the molecule is [CH2]Nc1c(OC)cc(OC)cc1OC. The quantitative estimate of drug-likeness (QED) is 0.798. The Labute approximate surface area is 83.8 Å². The molecule has 0 saturated heterocycles. The first-order valence-electron chi connectivity index (χ1n) is 4.10. The minimum Gasteiger partial charge on any atom is -0.496 e. The minimum absolute atomic E-state index is 0.635. The van der Waals surface area contributed by atoms with Crippen LogP contribution in [-0.4, -0.2) is 21.3 Å². The van der Waals surface area contributed by atoms with Gasteiger partial charge in [0.15, 0.2) is 0 Å². The van der Waals surface area contributed by atoms with Crippen LogP contribution < -0.4 is 19.5 Å². The monoisotopic (exact) mass is 196 g/mol. The molecule has 0 spiro atoms. The lowest BCUT2D eigenvalue weighted by molar-refractivity contribution is 0.378. The highest BCUT2D eigenvalue weighted by atomic mass is 16.5. The molecule has 4 nitrogen and oxygen atoms in total. The number of benzene rings is 1. The molecule has 0 unspecified atom stereocenters. The van der Waals surface area contributed by atoms with Gasteiger partial charge < -0.3 is 19.5 Å². The zero-order valence-corrected chi connectivity index (χ0v) is 8.59. The van der Waals surface area contributed by atoms with Crippen molar-refractivity contribution in [3.05, 3.63) is 19.2 Å². The number of hydrogen-bond acceptors (Lipinski definition) is 4. The van der Waals surface area contributed by atoms with Crippen molar-refractivity contribution in [2.45, 2.75) is 0 Å². The smallest absolute Gasteiger partial charge is 0.149 e. The third kappa shape index (κ3) is 1.84. The number of rotatable bonds is 4. The van der Waals surface area contributed by atoms with Crippen LogP contribution in [0.4, 0.5) is 5.69 Å². The Morgan fingerprint density at radius 3 is 1.79 bits per heavy atom. The summed E-state index contributed by atoms with van der Waals surface area (Å²) in [5.74, 6) is 1.95. The lowest BCUT2D eigenvalue weighted by Gasteiger charge is -2.13. The zero-order valence-electron chi connectivity index (χ0n) is 8.59. The second-order valence-electron chi connectivity index (χ2n) is 2.58. The van der Waals surface area contributed by atoms with Crippen LogP contribution in [0.5, 0.6) is 17.2 Å². The van der Waals surface area contributed by atoms with Gasteiger partial charge in [-0.3, -0.25) is 0 Å². The fourth-order valence-corrected chi connectivity index (χ4v) is 1.18. The van der Waals surface area contributed by atoms with Crippen molar-refractivity contribution in [2.75, 3.05) is 26.6 Å². The van der Waals surface area contributed by atoms with E-state index in [0.717, 1.165) is 0 Å². The van der Waals surface area contributed by atoms with Crippen LogP contribution in [0.2, 0.25) is 0 Å². The van der Waals surface area contributed by atoms with E-state index in [0.29, 0.717) is 22.9 Å². The molecule has 0 saturated carbocycles. The van der Waals surface area contributed by atoms with Crippen molar-refractivity contribution in [3.8, 4) is 17.2 Å². The summed E-state index contributed by atoms with van der Waals surface area (Å²) in [6.07, 6.45) is 0. The maximum absolute atomic E-state index is 5.16. The number of methoxy groups -OCH3 is 3. The topological polar surface area (TPSA) is 39.7 Å². The maximum atomic E-state index is 5.16. The van der Waals surface area contributed by atoms with Crippen molar-refractivity contribution in [2.24, 2.45) is 0 Å². The fraction of sp³-hybridized carbons (Fsp3) is 0.300. The summed E-state index contributed by atoms with van der Waals surface area (Å²) in [4.78, 5) is 0. The Bertz CT molecular complexity index is 287. The largest absolute Gasteiger partial charge is 0.496 e. The molecule has 77 valence electrons. The van der Waals surface area contributed by atoms with Gasteiger partial charge in [-0.25, -0.2) is 0 Å². The Morgan fingerprint density at radius 1 is 1.00 bits per heavy atom. The molecule has 0 bridgehead atoms. The molecule has 14 heavy (non-hydrogen) atoms. The number of nitrogens with one attached hydrogen (secondary N) is 1. The van der Waals surface area contributed by atoms with Crippen LogP contribution in [0.1, 0.15) is 0 Å². The second-order valence-corrected chi connectivity index (χ2v) is 2.58. The number of hydrogen-bond donors (Lipinski definition) is 1. The summed E-state index contributed by atoms with van der Waals surface area (Å²) in [5, 5.41) is 2.76. The highest BCUT2D eigenvalue weighted by molar-refractivity contribution is 5.68. The Morgan fingerprint density at radius 2 is 1.50 bits per heavy atom. The summed E-state index contributed by atoms with van der Waals surface area (Å²) in [7, 11) is 8.32. The molecule has 4 heteroatoms. The van der Waals surface area contributed by atoms with Crippen LogP contribution >= 0.6 is 0 Å². The van der Waals surface area contributed by atoms with E-state index in [-0.39, 0.29) is 0 Å². The molecule has 0 atom stereocenters. The van der Waals surface area contributed by atoms with Gasteiger partial charge in [-0.05, 0) is 0 Å². The lowest BCUT2D eigenvalue weighted by Crippen LogP contribution is -1.97. The lowest BCUT2D eigenvalue weighted by atomic mass is 10.2. The summed E-state index contributed by atoms with van der Waals surface area (Å²) < 4.78 is 15.4. The van der Waals surface area contributed by atoms with Gasteiger partial charge in [0.25, 0.3) is 0 Å². The molecule has 0 aliphatic heterocycles. The number of anilines is 1. The van der Waals surface area contributed by atoms with Crippen molar-refractivity contribution in [1.29, 1.82) is 0 Å². The van der Waals surface area contributed by atoms with Gasteiger partial charge in [0.1, 0.15) is 22.9 Å². The molecule has 1 aromatic rings. The molecule has 0 heterocycles. The summed E-state index contributed by atoms with van der Waals surface area (Å²) in [6, 6.07) is 3.52. The summed E-state index contributed by atoms with van der Waals surface area (Å²) in [6.45, 7) is 0. The van der Waals surface area contributed by atoms with E-state index in [9.17, 15) is 0 Å². The standard InChI is InChI=1S/C10H14NO3/c1-11-10-8(13-3)5-7(12-2)6-9(10)14-4/h5-6,11H,1H2,2-4H3. The second kappa shape index (κ2) is 4.60. The van der Waals surface area contributed by atoms with E-state index in [1.165, 1.54) is 0 Å². The molecular formula is C10H14NO3. The normalized spacial score (nSPS) is 9.43. The van der Waals surface area contributed by atoms with Gasteiger partial charge in [0.2, 0.25) is 0 Å². The molecule has 1 aromatic carbocycles. The van der Waals surface area contributed by atoms with Gasteiger partial charge in [-0.1, -0.05) is 0 Å². The average molecular weight is 196 g/mol. The Balaban J connectivity index is 3.24. The number of ether oxygens (including phenoxy) is 3. The van der Waals surface area contributed by atoms with Crippen molar-refractivity contribution >= 4 is 5.69 Å². The van der Waals surface area contributed by atoms with Crippen molar-refractivity contribution in [1.82, 2.24) is 0 Å². The molecule has 1 radical (unpaired) electrons. The van der Waals surface area contributed by atoms with Crippen LogP contribution in [0.25, 0.3) is 0 Å². The molecule has 0 aromatic heterocycles. The highest BCUT2D eigenvalue weighted by Crippen LogP contribution is 2.38. The van der Waals surface area contributed by atoms with Gasteiger partial charge >= 0.3 is 0 Å². The fourth-order valence-electron chi connectivity index (χ4n) is 1.18. The van der Waals surface area contributed by atoms with Crippen molar-refractivity contribution in [3.63, 3.8) is 0 Å². The predicted molar refractivity (Wildman–Crippen MR) is 55.1 cm³/mol. The van der Waals surface area contributed by atoms with Crippen molar-refractivity contribution < 1.29 is 14.2 Å². The van der Waals surface area contributed by atoms with E-state index in [2.05, 4.69) is 12.4 Å². The Kier molecular flexibility index (Phi) is 3.45. The third-order valence-electron chi connectivity index (χ3n) is 1.89. The van der Waals surface area contributed by atoms with Gasteiger partial charge in [-0.15, -0.1) is 0 Å². The van der Waals surface area contributed by atoms with E-state index < -0.39 is 0 Å². The molecule has 0 aliphatic rings. The third-order valence-corrected chi connectivity index (χ3v) is 1.89. The highest BCUT2D eigenvalue weighted by Gasteiger charge is 2.10. The van der Waals surface area contributed by atoms with Gasteiger partial charge in [0, 0.05) is 19.2 Å². The van der Waals surface area contributed by atoms with Crippen LogP contribution in [0, 0.1) is 7.05 Å². The first-order valence-corrected chi connectivity index (χ1v) is 4.10. The zero-order chi connectivity index (χ0) is 10.6. The van der Waals surface area contributed by atoms with Gasteiger partial charge in [0.05, 0.1) is 21.3 Å².